The zero-order chi connectivity index (χ0) is 23.2. The van der Waals surface area contributed by atoms with Gasteiger partial charge in [-0.3, -0.25) is 14.6 Å². The van der Waals surface area contributed by atoms with Gasteiger partial charge in [-0.15, -0.1) is 0 Å². The zero-order valence-electron chi connectivity index (χ0n) is 17.7. The van der Waals surface area contributed by atoms with Crippen molar-refractivity contribution < 1.29 is 32.2 Å². The minimum absolute atomic E-state index is 0.0223. The SMILES string of the molecule is COc1nc(OCC(F)(F)F)ccc1CN(C)C(=O)c1ccnc(CC(=O)C(C)C)c1. The lowest BCUT2D eigenvalue weighted by Gasteiger charge is -2.19. The van der Waals surface area contributed by atoms with Crippen LogP contribution in [0.1, 0.15) is 35.5 Å². The first-order valence-electron chi connectivity index (χ1n) is 9.46. The van der Waals surface area contributed by atoms with Crippen LogP contribution in [-0.2, 0) is 17.8 Å². The highest BCUT2D eigenvalue weighted by molar-refractivity contribution is 5.94. The molecule has 0 saturated carbocycles. The molecular weight excluding hydrogens is 415 g/mol. The summed E-state index contributed by atoms with van der Waals surface area (Å²) in [5.74, 6) is -0.612. The Balaban J connectivity index is 2.11. The third kappa shape index (κ3) is 7.23. The molecule has 0 bridgehead atoms. The molecule has 0 spiro atoms. The van der Waals surface area contributed by atoms with Crippen LogP contribution >= 0.6 is 0 Å². The lowest BCUT2D eigenvalue weighted by molar-refractivity contribution is -0.154. The van der Waals surface area contributed by atoms with Crippen LogP contribution in [0.5, 0.6) is 11.8 Å². The number of ketones is 1. The Labute approximate surface area is 178 Å². The van der Waals surface area contributed by atoms with E-state index in [-0.39, 0.29) is 42.3 Å². The van der Waals surface area contributed by atoms with Gasteiger partial charge < -0.3 is 14.4 Å². The van der Waals surface area contributed by atoms with Crippen LogP contribution in [-0.4, -0.2) is 53.5 Å². The number of carbonyl (C=O) groups is 2. The molecule has 31 heavy (non-hydrogen) atoms. The number of ether oxygens (including phenoxy) is 2. The van der Waals surface area contributed by atoms with E-state index in [0.717, 1.165) is 0 Å². The summed E-state index contributed by atoms with van der Waals surface area (Å²) in [6.07, 6.45) is -2.87. The average Bonchev–Trinajstić information content (AvgIpc) is 2.71. The first-order chi connectivity index (χ1) is 14.5. The van der Waals surface area contributed by atoms with Gasteiger partial charge in [0.05, 0.1) is 13.7 Å². The molecule has 7 nitrogen and oxygen atoms in total. The molecule has 0 fully saturated rings. The molecule has 0 aliphatic heterocycles. The van der Waals surface area contributed by atoms with E-state index in [4.69, 9.17) is 4.74 Å². The molecule has 0 unspecified atom stereocenters. The van der Waals surface area contributed by atoms with Gasteiger partial charge >= 0.3 is 6.18 Å². The predicted molar refractivity (Wildman–Crippen MR) is 106 cm³/mol. The molecule has 1 amide bonds. The van der Waals surface area contributed by atoms with Gasteiger partial charge in [0.2, 0.25) is 11.8 Å². The van der Waals surface area contributed by atoms with Crippen LogP contribution in [0, 0.1) is 5.92 Å². The number of nitrogens with zero attached hydrogens (tertiary/aromatic N) is 3. The van der Waals surface area contributed by atoms with Crippen molar-refractivity contribution in [1.82, 2.24) is 14.9 Å². The highest BCUT2D eigenvalue weighted by atomic mass is 19.4. The first-order valence-corrected chi connectivity index (χ1v) is 9.46. The highest BCUT2D eigenvalue weighted by Crippen LogP contribution is 2.23. The van der Waals surface area contributed by atoms with E-state index in [9.17, 15) is 22.8 Å². The second-order valence-corrected chi connectivity index (χ2v) is 7.22. The molecule has 0 atom stereocenters. The third-order valence-corrected chi connectivity index (χ3v) is 4.31. The summed E-state index contributed by atoms with van der Waals surface area (Å²) in [6.45, 7) is 2.22. The summed E-state index contributed by atoms with van der Waals surface area (Å²) in [4.78, 5) is 34.2. The van der Waals surface area contributed by atoms with Crippen LogP contribution in [0.3, 0.4) is 0 Å². The summed E-state index contributed by atoms with van der Waals surface area (Å²) in [5.41, 5.74) is 1.35. The maximum absolute atomic E-state index is 12.8. The van der Waals surface area contributed by atoms with Gasteiger partial charge in [0.1, 0.15) is 5.78 Å². The van der Waals surface area contributed by atoms with Gasteiger partial charge in [-0.2, -0.15) is 18.2 Å². The lowest BCUT2D eigenvalue weighted by atomic mass is 10.0. The molecule has 0 aliphatic rings. The van der Waals surface area contributed by atoms with Crippen LogP contribution in [0.2, 0.25) is 0 Å². The molecule has 2 aromatic heterocycles. The van der Waals surface area contributed by atoms with Crippen molar-refractivity contribution in [1.29, 1.82) is 0 Å². The van der Waals surface area contributed by atoms with Gasteiger partial charge in [-0.25, -0.2) is 0 Å². The quantitative estimate of drug-likeness (QED) is 0.595. The summed E-state index contributed by atoms with van der Waals surface area (Å²) >= 11 is 0. The minimum atomic E-state index is -4.48. The Morgan fingerprint density at radius 2 is 1.90 bits per heavy atom. The van der Waals surface area contributed by atoms with E-state index in [2.05, 4.69) is 14.7 Å². The minimum Gasteiger partial charge on any atom is -0.481 e. The number of halogens is 3. The second kappa shape index (κ2) is 10.2. The van der Waals surface area contributed by atoms with E-state index in [0.29, 0.717) is 16.8 Å². The van der Waals surface area contributed by atoms with Crippen molar-refractivity contribution in [3.05, 3.63) is 47.3 Å². The van der Waals surface area contributed by atoms with E-state index in [1.807, 2.05) is 0 Å². The largest absolute Gasteiger partial charge is 0.481 e. The van der Waals surface area contributed by atoms with E-state index in [1.165, 1.54) is 30.3 Å². The molecule has 0 saturated heterocycles. The third-order valence-electron chi connectivity index (χ3n) is 4.31. The number of rotatable bonds is 9. The van der Waals surface area contributed by atoms with Crippen LogP contribution in [0.25, 0.3) is 0 Å². The molecule has 0 aromatic carbocycles. The second-order valence-electron chi connectivity index (χ2n) is 7.22. The first kappa shape index (κ1) is 24.1. The standard InChI is InChI=1S/C21H24F3N3O4/c1-13(2)17(28)10-16-9-14(7-8-25-16)20(29)27(3)11-15-5-6-18(26-19(15)30-4)31-12-21(22,23)24/h5-9,13H,10-12H2,1-4H3. The Hall–Kier alpha value is -3.17. The molecule has 0 aliphatic carbocycles. The monoisotopic (exact) mass is 439 g/mol. The fraction of sp³-hybridized carbons (Fsp3) is 0.429. The van der Waals surface area contributed by atoms with Crippen molar-refractivity contribution in [3.63, 3.8) is 0 Å². The Morgan fingerprint density at radius 1 is 1.19 bits per heavy atom. The summed E-state index contributed by atoms with van der Waals surface area (Å²) in [5, 5.41) is 0. The van der Waals surface area contributed by atoms with Gasteiger partial charge in [-0.1, -0.05) is 13.8 Å². The van der Waals surface area contributed by atoms with Gasteiger partial charge in [0, 0.05) is 48.5 Å². The van der Waals surface area contributed by atoms with Crippen molar-refractivity contribution in [2.45, 2.75) is 33.0 Å². The molecule has 10 heteroatoms. The number of hydrogen-bond donors (Lipinski definition) is 0. The Bertz CT molecular complexity index is 932. The predicted octanol–water partition coefficient (Wildman–Crippen LogP) is 3.47. The molecule has 2 aromatic rings. The molecule has 168 valence electrons. The number of amides is 1. The van der Waals surface area contributed by atoms with E-state index < -0.39 is 12.8 Å². The smallest absolute Gasteiger partial charge is 0.422 e. The summed E-state index contributed by atoms with van der Waals surface area (Å²) in [6, 6.07) is 5.89. The maximum Gasteiger partial charge on any atom is 0.422 e. The average molecular weight is 439 g/mol. The van der Waals surface area contributed by atoms with Gasteiger partial charge in [0.15, 0.2) is 6.61 Å². The van der Waals surface area contributed by atoms with E-state index in [1.54, 1.807) is 33.0 Å². The molecular formula is C21H24F3N3O4. The van der Waals surface area contributed by atoms with Crippen molar-refractivity contribution >= 4 is 11.7 Å². The molecule has 0 radical (unpaired) electrons. The van der Waals surface area contributed by atoms with Gasteiger partial charge in [0.25, 0.3) is 5.91 Å². The number of pyridine rings is 2. The van der Waals surface area contributed by atoms with Gasteiger partial charge in [-0.05, 0) is 18.2 Å². The fourth-order valence-corrected chi connectivity index (χ4v) is 2.62. The number of hydrogen-bond acceptors (Lipinski definition) is 6. The van der Waals surface area contributed by atoms with E-state index >= 15 is 0 Å². The molecule has 0 N–H and O–H groups in total. The zero-order valence-corrected chi connectivity index (χ0v) is 17.7. The number of carbonyl (C=O) groups excluding carboxylic acids is 2. The maximum atomic E-state index is 12.8. The number of methoxy groups -OCH3 is 1. The number of alkyl halides is 3. The number of Topliss-reactive ketones (excluding diaryl/α,β-unsaturated/α-hetero) is 1. The van der Waals surface area contributed by atoms with Crippen LogP contribution < -0.4 is 9.47 Å². The molecule has 2 heterocycles. The van der Waals surface area contributed by atoms with Crippen molar-refractivity contribution in [2.24, 2.45) is 5.92 Å². The van der Waals surface area contributed by atoms with Crippen LogP contribution in [0.15, 0.2) is 30.5 Å². The lowest BCUT2D eigenvalue weighted by Crippen LogP contribution is -2.27. The van der Waals surface area contributed by atoms with Crippen molar-refractivity contribution in [3.8, 4) is 11.8 Å². The topological polar surface area (TPSA) is 81.6 Å². The molecule has 2 rings (SSSR count). The summed E-state index contributed by atoms with van der Waals surface area (Å²) in [7, 11) is 2.89. The Morgan fingerprint density at radius 3 is 2.52 bits per heavy atom. The highest BCUT2D eigenvalue weighted by Gasteiger charge is 2.29. The van der Waals surface area contributed by atoms with Crippen LogP contribution in [0.4, 0.5) is 13.2 Å². The normalized spacial score (nSPS) is 11.4. The number of aromatic nitrogens is 2. The fourth-order valence-electron chi connectivity index (χ4n) is 2.62. The summed E-state index contributed by atoms with van der Waals surface area (Å²) < 4.78 is 46.7. The Kier molecular flexibility index (Phi) is 7.95. The van der Waals surface area contributed by atoms with Crippen molar-refractivity contribution in [2.75, 3.05) is 20.8 Å².